The van der Waals surface area contributed by atoms with Crippen molar-refractivity contribution in [3.05, 3.63) is 58.2 Å². The van der Waals surface area contributed by atoms with Gasteiger partial charge in [-0.2, -0.15) is 0 Å². The lowest BCUT2D eigenvalue weighted by atomic mass is 10.2. The summed E-state index contributed by atoms with van der Waals surface area (Å²) in [5, 5.41) is 6.58. The summed E-state index contributed by atoms with van der Waals surface area (Å²) >= 11 is 1.68. The van der Waals surface area contributed by atoms with Crippen LogP contribution in [0.15, 0.2) is 36.1 Å². The summed E-state index contributed by atoms with van der Waals surface area (Å²) < 4.78 is 1.97. The molecule has 3 aromatic rings. The van der Waals surface area contributed by atoms with Gasteiger partial charge in [-0.05, 0) is 25.5 Å². The van der Waals surface area contributed by atoms with Crippen LogP contribution in [0.5, 0.6) is 0 Å². The van der Waals surface area contributed by atoms with Crippen molar-refractivity contribution in [3.63, 3.8) is 0 Å². The van der Waals surface area contributed by atoms with Gasteiger partial charge in [0, 0.05) is 37.1 Å². The fourth-order valence-electron chi connectivity index (χ4n) is 2.11. The summed E-state index contributed by atoms with van der Waals surface area (Å²) in [6.45, 7) is 5.56. The first-order chi connectivity index (χ1) is 10.2. The molecule has 0 aromatic carbocycles. The van der Waals surface area contributed by atoms with Crippen LogP contribution in [0.1, 0.15) is 22.1 Å². The number of pyridine rings is 1. The fraction of sp³-hybridized carbons (Fsp3) is 0.267. The van der Waals surface area contributed by atoms with Crippen LogP contribution in [0.25, 0.3) is 5.82 Å². The number of hydrogen-bond donors (Lipinski definition) is 1. The molecule has 0 bridgehead atoms. The Bertz CT molecular complexity index is 714. The summed E-state index contributed by atoms with van der Waals surface area (Å²) in [6, 6.07) is 4.10. The smallest absolute Gasteiger partial charge is 0.137 e. The Morgan fingerprint density at radius 2 is 2.10 bits per heavy atom. The Hall–Kier alpha value is -2.05. The first-order valence-electron chi connectivity index (χ1n) is 6.79. The number of hydrogen-bond acceptors (Lipinski definition) is 5. The maximum absolute atomic E-state index is 4.48. The number of nitrogens with one attached hydrogen (secondary N) is 1. The van der Waals surface area contributed by atoms with E-state index in [0.29, 0.717) is 0 Å². The van der Waals surface area contributed by atoms with Crippen LogP contribution in [0, 0.1) is 13.8 Å². The molecule has 3 aromatic heterocycles. The minimum Gasteiger partial charge on any atom is -0.307 e. The predicted octanol–water partition coefficient (Wildman–Crippen LogP) is 2.63. The fourth-order valence-corrected chi connectivity index (χ4v) is 2.72. The van der Waals surface area contributed by atoms with Gasteiger partial charge in [0.1, 0.15) is 11.6 Å². The highest BCUT2D eigenvalue weighted by Gasteiger charge is 2.02. The second-order valence-electron chi connectivity index (χ2n) is 4.83. The quantitative estimate of drug-likeness (QED) is 0.787. The molecule has 0 fully saturated rings. The van der Waals surface area contributed by atoms with Gasteiger partial charge in [-0.3, -0.25) is 4.57 Å². The Balaban J connectivity index is 1.58. The van der Waals surface area contributed by atoms with Crippen molar-refractivity contribution in [2.45, 2.75) is 26.9 Å². The van der Waals surface area contributed by atoms with Gasteiger partial charge < -0.3 is 5.32 Å². The third-order valence-electron chi connectivity index (χ3n) is 3.18. The zero-order chi connectivity index (χ0) is 14.7. The van der Waals surface area contributed by atoms with Crippen molar-refractivity contribution in [2.24, 2.45) is 0 Å². The molecule has 0 saturated carbocycles. The minimum absolute atomic E-state index is 0.784. The lowest BCUT2D eigenvalue weighted by molar-refractivity contribution is 0.679. The molecular formula is C15H17N5S. The molecule has 3 rings (SSSR count). The zero-order valence-corrected chi connectivity index (χ0v) is 12.9. The third kappa shape index (κ3) is 3.34. The third-order valence-corrected chi connectivity index (χ3v) is 4.01. The second kappa shape index (κ2) is 6.15. The van der Waals surface area contributed by atoms with E-state index in [-0.39, 0.29) is 0 Å². The second-order valence-corrected chi connectivity index (χ2v) is 5.89. The van der Waals surface area contributed by atoms with Gasteiger partial charge in [0.15, 0.2) is 0 Å². The van der Waals surface area contributed by atoms with Crippen molar-refractivity contribution in [2.75, 3.05) is 0 Å². The Labute approximate surface area is 127 Å². The molecule has 0 amide bonds. The van der Waals surface area contributed by atoms with Gasteiger partial charge in [-0.25, -0.2) is 15.0 Å². The number of aryl methyl sites for hydroxylation is 2. The molecule has 0 aliphatic carbocycles. The highest BCUT2D eigenvalue weighted by Crippen LogP contribution is 2.09. The van der Waals surface area contributed by atoms with Crippen LogP contribution >= 0.6 is 11.3 Å². The van der Waals surface area contributed by atoms with Gasteiger partial charge in [0.2, 0.25) is 0 Å². The van der Waals surface area contributed by atoms with Gasteiger partial charge in [0.05, 0.1) is 10.7 Å². The van der Waals surface area contributed by atoms with E-state index in [1.54, 1.807) is 17.5 Å². The lowest BCUT2D eigenvalue weighted by Gasteiger charge is -2.06. The standard InChI is InChI=1S/C15H17N5S/c1-11-17-5-6-20(11)15-4-3-13(8-18-15)7-16-9-14-10-21-12(2)19-14/h3-6,8,10,16H,7,9H2,1-2H3. The van der Waals surface area contributed by atoms with E-state index < -0.39 is 0 Å². The van der Waals surface area contributed by atoms with Crippen LogP contribution in [-0.4, -0.2) is 19.5 Å². The number of rotatable bonds is 5. The molecule has 0 spiro atoms. The van der Waals surface area contributed by atoms with E-state index in [9.17, 15) is 0 Å². The van der Waals surface area contributed by atoms with Crippen LogP contribution < -0.4 is 5.32 Å². The summed E-state index contributed by atoms with van der Waals surface area (Å²) in [7, 11) is 0. The van der Waals surface area contributed by atoms with Crippen molar-refractivity contribution >= 4 is 11.3 Å². The van der Waals surface area contributed by atoms with E-state index in [1.807, 2.05) is 36.9 Å². The van der Waals surface area contributed by atoms with Gasteiger partial charge in [-0.1, -0.05) is 6.07 Å². The van der Waals surface area contributed by atoms with E-state index in [4.69, 9.17) is 0 Å². The molecule has 0 unspecified atom stereocenters. The van der Waals surface area contributed by atoms with E-state index >= 15 is 0 Å². The van der Waals surface area contributed by atoms with Crippen molar-refractivity contribution in [3.8, 4) is 5.82 Å². The SMILES string of the molecule is Cc1nc(CNCc2ccc(-n3ccnc3C)nc2)cs1. The van der Waals surface area contributed by atoms with E-state index in [1.165, 1.54) is 0 Å². The molecule has 0 saturated heterocycles. The monoisotopic (exact) mass is 299 g/mol. The molecule has 3 heterocycles. The molecule has 5 nitrogen and oxygen atoms in total. The van der Waals surface area contributed by atoms with Gasteiger partial charge in [-0.15, -0.1) is 11.3 Å². The Kier molecular flexibility index (Phi) is 4.08. The lowest BCUT2D eigenvalue weighted by Crippen LogP contribution is -2.13. The molecule has 0 radical (unpaired) electrons. The van der Waals surface area contributed by atoms with Gasteiger partial charge >= 0.3 is 0 Å². The maximum Gasteiger partial charge on any atom is 0.137 e. The average Bonchev–Trinajstić information content (AvgIpc) is 3.09. The number of imidazole rings is 1. The van der Waals surface area contributed by atoms with E-state index in [2.05, 4.69) is 31.7 Å². The normalized spacial score (nSPS) is 11.0. The van der Waals surface area contributed by atoms with Crippen molar-refractivity contribution in [1.82, 2.24) is 24.8 Å². The topological polar surface area (TPSA) is 55.6 Å². The minimum atomic E-state index is 0.784. The molecule has 1 N–H and O–H groups in total. The number of thiazole rings is 1. The summed E-state index contributed by atoms with van der Waals surface area (Å²) in [4.78, 5) is 13.1. The summed E-state index contributed by atoms with van der Waals surface area (Å²) in [5.74, 6) is 1.83. The van der Waals surface area contributed by atoms with Crippen LogP contribution in [0.4, 0.5) is 0 Å². The molecular weight excluding hydrogens is 282 g/mol. The van der Waals surface area contributed by atoms with Crippen LogP contribution in [0.2, 0.25) is 0 Å². The molecule has 0 aliphatic heterocycles. The highest BCUT2D eigenvalue weighted by molar-refractivity contribution is 7.09. The number of aromatic nitrogens is 4. The Morgan fingerprint density at radius 3 is 2.71 bits per heavy atom. The molecule has 0 aliphatic rings. The first-order valence-corrected chi connectivity index (χ1v) is 7.67. The van der Waals surface area contributed by atoms with Crippen molar-refractivity contribution < 1.29 is 0 Å². The average molecular weight is 299 g/mol. The maximum atomic E-state index is 4.48. The molecule has 0 atom stereocenters. The largest absolute Gasteiger partial charge is 0.307 e. The van der Waals surface area contributed by atoms with Gasteiger partial charge in [0.25, 0.3) is 0 Å². The summed E-state index contributed by atoms with van der Waals surface area (Å²) in [6.07, 6.45) is 5.59. The van der Waals surface area contributed by atoms with Crippen LogP contribution in [-0.2, 0) is 13.1 Å². The molecule has 108 valence electrons. The number of nitrogens with zero attached hydrogens (tertiary/aromatic N) is 4. The van der Waals surface area contributed by atoms with Crippen molar-refractivity contribution in [1.29, 1.82) is 0 Å². The summed E-state index contributed by atoms with van der Waals surface area (Å²) in [5.41, 5.74) is 2.25. The first kappa shape index (κ1) is 13.9. The Morgan fingerprint density at radius 1 is 1.19 bits per heavy atom. The molecule has 21 heavy (non-hydrogen) atoms. The molecule has 6 heteroatoms. The van der Waals surface area contributed by atoms with Crippen LogP contribution in [0.3, 0.4) is 0 Å². The highest BCUT2D eigenvalue weighted by atomic mass is 32.1. The predicted molar refractivity (Wildman–Crippen MR) is 83.5 cm³/mol. The van der Waals surface area contributed by atoms with E-state index in [0.717, 1.165) is 41.0 Å². The zero-order valence-electron chi connectivity index (χ0n) is 12.1.